The topological polar surface area (TPSA) is 95.2 Å². The van der Waals surface area contributed by atoms with Gasteiger partial charge in [-0.15, -0.1) is 0 Å². The third-order valence-electron chi connectivity index (χ3n) is 8.05. The maximum Gasteiger partial charge on any atom is 0.227 e. The van der Waals surface area contributed by atoms with E-state index in [1.807, 2.05) is 30.5 Å². The molecule has 1 aliphatic carbocycles. The lowest BCUT2D eigenvalue weighted by Crippen LogP contribution is -2.34. The van der Waals surface area contributed by atoms with Crippen LogP contribution < -0.4 is 10.2 Å². The fraction of sp³-hybridized carbons (Fsp3) is 0.467. The summed E-state index contributed by atoms with van der Waals surface area (Å²) in [5.41, 5.74) is 5.17. The van der Waals surface area contributed by atoms with E-state index in [4.69, 9.17) is 0 Å². The highest BCUT2D eigenvalue weighted by Gasteiger charge is 2.33. The molecular formula is C30H38N4O3S. The minimum Gasteiger partial charge on any atom is -0.365 e. The SMILES string of the molecule is CS(=O)(=O)CC1Cc2ccc(NC(=O)C3CCCCC3)cc2N(Cc2cnc[nH]2)CC1Cc1ccccc1. The molecule has 1 saturated carbocycles. The zero-order valence-electron chi connectivity index (χ0n) is 22.1. The predicted molar refractivity (Wildman–Crippen MR) is 152 cm³/mol. The molecule has 2 aliphatic rings. The summed E-state index contributed by atoms with van der Waals surface area (Å²) in [5.74, 6) is 0.469. The lowest BCUT2D eigenvalue weighted by molar-refractivity contribution is -0.120. The van der Waals surface area contributed by atoms with E-state index in [9.17, 15) is 13.2 Å². The highest BCUT2D eigenvalue weighted by atomic mass is 32.2. The first-order chi connectivity index (χ1) is 18.3. The Morgan fingerprint density at radius 2 is 1.87 bits per heavy atom. The van der Waals surface area contributed by atoms with Crippen molar-refractivity contribution in [3.63, 3.8) is 0 Å². The van der Waals surface area contributed by atoms with E-state index >= 15 is 0 Å². The molecule has 7 nitrogen and oxygen atoms in total. The first kappa shape index (κ1) is 26.5. The van der Waals surface area contributed by atoms with Gasteiger partial charge < -0.3 is 15.2 Å². The lowest BCUT2D eigenvalue weighted by Gasteiger charge is -2.30. The summed E-state index contributed by atoms with van der Waals surface area (Å²) in [4.78, 5) is 22.8. The highest BCUT2D eigenvalue weighted by Crippen LogP contribution is 2.37. The van der Waals surface area contributed by atoms with Crippen LogP contribution in [0.3, 0.4) is 0 Å². The quantitative estimate of drug-likeness (QED) is 0.424. The molecule has 0 saturated heterocycles. The minimum atomic E-state index is -3.16. The summed E-state index contributed by atoms with van der Waals surface area (Å²) >= 11 is 0. The van der Waals surface area contributed by atoms with Crippen LogP contribution in [0.2, 0.25) is 0 Å². The fourth-order valence-corrected chi connectivity index (χ4v) is 7.32. The molecule has 0 radical (unpaired) electrons. The van der Waals surface area contributed by atoms with Gasteiger partial charge in [-0.1, -0.05) is 55.7 Å². The number of aromatic amines is 1. The monoisotopic (exact) mass is 534 g/mol. The van der Waals surface area contributed by atoms with Gasteiger partial charge in [0.2, 0.25) is 5.91 Å². The van der Waals surface area contributed by atoms with Gasteiger partial charge in [-0.05, 0) is 60.8 Å². The van der Waals surface area contributed by atoms with Gasteiger partial charge in [0, 0.05) is 36.3 Å². The van der Waals surface area contributed by atoms with E-state index in [1.54, 1.807) is 6.33 Å². The number of benzene rings is 2. The van der Waals surface area contributed by atoms with Gasteiger partial charge in [0.05, 0.1) is 24.3 Å². The number of aromatic nitrogens is 2. The van der Waals surface area contributed by atoms with Crippen LogP contribution in [0.4, 0.5) is 11.4 Å². The number of fused-ring (bicyclic) bond motifs is 1. The normalized spacial score (nSPS) is 20.5. The number of anilines is 2. The standard InChI is InChI=1S/C30H38N4O3S/c1-38(36,37)20-26-15-24-12-13-27(33-30(35)23-10-6-3-7-11-23)16-29(24)34(19-28-17-31-21-32-28)18-25(26)14-22-8-4-2-5-9-22/h2,4-5,8-9,12-13,16-17,21,23,25-26H,3,6-7,10-11,14-15,18-20H2,1H3,(H,31,32)(H,33,35). The van der Waals surface area contributed by atoms with Crippen molar-refractivity contribution < 1.29 is 13.2 Å². The number of rotatable bonds is 8. The number of hydrogen-bond donors (Lipinski definition) is 2. The van der Waals surface area contributed by atoms with E-state index in [2.05, 4.69) is 44.5 Å². The third-order valence-corrected chi connectivity index (χ3v) is 9.08. The number of H-pyrrole nitrogens is 1. The summed E-state index contributed by atoms with van der Waals surface area (Å²) < 4.78 is 25.0. The molecule has 1 aliphatic heterocycles. The first-order valence-electron chi connectivity index (χ1n) is 13.7. The van der Waals surface area contributed by atoms with Crippen LogP contribution in [-0.2, 0) is 34.0 Å². The Labute approximate surface area is 226 Å². The summed E-state index contributed by atoms with van der Waals surface area (Å²) in [7, 11) is -3.16. The molecule has 2 N–H and O–H groups in total. The lowest BCUT2D eigenvalue weighted by atomic mass is 9.84. The Kier molecular flexibility index (Phi) is 8.17. The molecule has 2 unspecified atom stereocenters. The number of imidazole rings is 1. The van der Waals surface area contributed by atoms with Crippen molar-refractivity contribution in [3.05, 3.63) is 77.9 Å². The van der Waals surface area contributed by atoms with E-state index in [1.165, 1.54) is 18.2 Å². The average Bonchev–Trinajstić information content (AvgIpc) is 3.37. The van der Waals surface area contributed by atoms with Crippen LogP contribution in [0, 0.1) is 17.8 Å². The molecule has 2 atom stereocenters. The number of sulfone groups is 1. The van der Waals surface area contributed by atoms with E-state index in [0.717, 1.165) is 54.7 Å². The zero-order chi connectivity index (χ0) is 26.5. The third kappa shape index (κ3) is 6.84. The number of nitrogens with zero attached hydrogens (tertiary/aromatic N) is 2. The van der Waals surface area contributed by atoms with Crippen molar-refractivity contribution in [2.24, 2.45) is 17.8 Å². The summed E-state index contributed by atoms with van der Waals surface area (Å²) in [6.07, 6.45) is 11.7. The average molecular weight is 535 g/mol. The molecule has 3 aromatic rings. The Hall–Kier alpha value is -3.13. The van der Waals surface area contributed by atoms with Crippen molar-refractivity contribution in [2.75, 3.05) is 28.8 Å². The van der Waals surface area contributed by atoms with Crippen molar-refractivity contribution in [1.29, 1.82) is 0 Å². The van der Waals surface area contributed by atoms with Crippen molar-refractivity contribution in [3.8, 4) is 0 Å². The van der Waals surface area contributed by atoms with E-state index in [-0.39, 0.29) is 29.4 Å². The van der Waals surface area contributed by atoms with Gasteiger partial charge in [0.15, 0.2) is 0 Å². The fourth-order valence-electron chi connectivity index (χ4n) is 6.16. The van der Waals surface area contributed by atoms with Gasteiger partial charge in [-0.2, -0.15) is 0 Å². The van der Waals surface area contributed by atoms with Crippen molar-refractivity contribution in [1.82, 2.24) is 9.97 Å². The molecule has 0 bridgehead atoms. The Balaban J connectivity index is 1.47. The predicted octanol–water partition coefficient (Wildman–Crippen LogP) is 5.01. The van der Waals surface area contributed by atoms with Crippen LogP contribution in [-0.4, -0.2) is 42.8 Å². The second kappa shape index (κ2) is 11.7. The summed E-state index contributed by atoms with van der Waals surface area (Å²) in [6, 6.07) is 16.4. The Morgan fingerprint density at radius 3 is 2.58 bits per heavy atom. The van der Waals surface area contributed by atoms with Gasteiger partial charge >= 0.3 is 0 Å². The molecule has 38 heavy (non-hydrogen) atoms. The van der Waals surface area contributed by atoms with Gasteiger partial charge in [0.1, 0.15) is 9.84 Å². The van der Waals surface area contributed by atoms with Crippen LogP contribution in [0.25, 0.3) is 0 Å². The molecular weight excluding hydrogens is 496 g/mol. The molecule has 5 rings (SSSR count). The second-order valence-electron chi connectivity index (χ2n) is 11.1. The Morgan fingerprint density at radius 1 is 1.08 bits per heavy atom. The number of amides is 1. The molecule has 0 spiro atoms. The first-order valence-corrected chi connectivity index (χ1v) is 15.8. The van der Waals surface area contributed by atoms with Gasteiger partial charge in [-0.3, -0.25) is 4.79 Å². The van der Waals surface area contributed by atoms with Crippen LogP contribution >= 0.6 is 0 Å². The van der Waals surface area contributed by atoms with Crippen molar-refractivity contribution >= 4 is 27.1 Å². The summed E-state index contributed by atoms with van der Waals surface area (Å²) in [5, 5.41) is 3.18. The minimum absolute atomic E-state index is 0.0154. The molecule has 2 aromatic carbocycles. The summed E-state index contributed by atoms with van der Waals surface area (Å²) in [6.45, 7) is 1.34. The number of carbonyl (C=O) groups excluding carboxylic acids is 1. The van der Waals surface area contributed by atoms with Gasteiger partial charge in [0.25, 0.3) is 0 Å². The van der Waals surface area contributed by atoms with Crippen LogP contribution in [0.1, 0.15) is 48.9 Å². The number of carbonyl (C=O) groups is 1. The van der Waals surface area contributed by atoms with E-state index in [0.29, 0.717) is 19.5 Å². The highest BCUT2D eigenvalue weighted by molar-refractivity contribution is 7.90. The van der Waals surface area contributed by atoms with E-state index < -0.39 is 9.84 Å². The maximum atomic E-state index is 13.0. The zero-order valence-corrected chi connectivity index (χ0v) is 22.9. The smallest absolute Gasteiger partial charge is 0.227 e. The largest absolute Gasteiger partial charge is 0.365 e. The van der Waals surface area contributed by atoms with Crippen LogP contribution in [0.5, 0.6) is 0 Å². The molecule has 1 aromatic heterocycles. The molecule has 1 amide bonds. The number of nitrogens with one attached hydrogen (secondary N) is 2. The second-order valence-corrected chi connectivity index (χ2v) is 13.3. The molecule has 8 heteroatoms. The molecule has 2 heterocycles. The molecule has 202 valence electrons. The Bertz CT molecular complexity index is 1320. The van der Waals surface area contributed by atoms with Crippen LogP contribution in [0.15, 0.2) is 61.1 Å². The van der Waals surface area contributed by atoms with Crippen molar-refractivity contribution in [2.45, 2.75) is 51.5 Å². The van der Waals surface area contributed by atoms with Gasteiger partial charge in [-0.25, -0.2) is 13.4 Å². The maximum absolute atomic E-state index is 13.0. The molecule has 1 fully saturated rings. The number of hydrogen-bond acceptors (Lipinski definition) is 5.